The molecule has 0 fully saturated rings. The van der Waals surface area contributed by atoms with Gasteiger partial charge in [-0.25, -0.2) is 0 Å². The molecule has 0 amide bonds. The Morgan fingerprint density at radius 1 is 0.941 bits per heavy atom. The third-order valence-corrected chi connectivity index (χ3v) is 14.3. The third-order valence-electron chi connectivity index (χ3n) is 2.29. The van der Waals surface area contributed by atoms with Gasteiger partial charge in [0.25, 0.3) is 0 Å². The van der Waals surface area contributed by atoms with Crippen molar-refractivity contribution in [3.63, 3.8) is 0 Å². The van der Waals surface area contributed by atoms with Crippen molar-refractivity contribution in [1.29, 1.82) is 0 Å². The molecule has 0 aromatic carbocycles. The minimum absolute atomic E-state index is 0.648. The molecule has 0 nitrogen and oxygen atoms in total. The van der Waals surface area contributed by atoms with Crippen LogP contribution in [0, 0.1) is 0 Å². The van der Waals surface area contributed by atoms with Gasteiger partial charge in [0.15, 0.2) is 0 Å². The quantitative estimate of drug-likeness (QED) is 0.568. The van der Waals surface area contributed by atoms with Gasteiger partial charge in [0.2, 0.25) is 0 Å². The Balaban J connectivity index is 1.64. The van der Waals surface area contributed by atoms with Gasteiger partial charge >= 0.3 is 133 Å². The fourth-order valence-electron chi connectivity index (χ4n) is 1.34. The first-order chi connectivity index (χ1) is 8.22. The molecule has 3 aliphatic heterocycles. The van der Waals surface area contributed by atoms with E-state index >= 15 is 0 Å². The Bertz CT molecular complexity index is 454. The van der Waals surface area contributed by atoms with Crippen molar-refractivity contribution in [1.82, 2.24) is 0 Å². The first-order valence-electron chi connectivity index (χ1n) is 5.03. The van der Waals surface area contributed by atoms with Crippen LogP contribution in [0.25, 0.3) is 0 Å². The van der Waals surface area contributed by atoms with Crippen LogP contribution in [0.15, 0.2) is 37.2 Å². The second kappa shape index (κ2) is 5.80. The molecule has 17 heavy (non-hydrogen) atoms. The van der Waals surface area contributed by atoms with Crippen molar-refractivity contribution in [3.05, 3.63) is 37.2 Å². The maximum atomic E-state index is 2.40. The zero-order chi connectivity index (χ0) is 11.8. The van der Waals surface area contributed by atoms with Crippen LogP contribution >= 0.6 is 47.0 Å². The van der Waals surface area contributed by atoms with Crippen LogP contribution in [0.4, 0.5) is 0 Å². The molecule has 0 saturated heterocycles. The molecule has 0 atom stereocenters. The SMILES string of the molecule is CC1=C(C)[Se]C(=CC=C2SC3=C(SCS3)S2)[Se]1. The van der Waals surface area contributed by atoms with Crippen LogP contribution in [0.2, 0.25) is 0 Å². The normalized spacial score (nSPS) is 23.9. The fraction of sp³-hybridized carbons (Fsp3) is 0.273. The molecule has 0 radical (unpaired) electrons. The molecule has 6 heteroatoms. The Morgan fingerprint density at radius 3 is 2.12 bits per heavy atom. The van der Waals surface area contributed by atoms with Crippen LogP contribution in [0.5, 0.6) is 0 Å². The number of allylic oxidation sites excluding steroid dienone is 4. The Labute approximate surface area is 132 Å². The molecule has 3 rings (SSSR count). The Hall–Kier alpha value is 1.40. The standard InChI is InChI=1S/C11H10S4Se2/c1-6-7(2)17-9(16-6)4-3-8-14-10-11(15-8)13-5-12-10/h3-4H,5H2,1-2H3. The molecular weight excluding hydrogens is 418 g/mol. The van der Waals surface area contributed by atoms with E-state index in [1.165, 1.54) is 17.8 Å². The van der Waals surface area contributed by atoms with Crippen molar-refractivity contribution in [2.75, 3.05) is 5.08 Å². The van der Waals surface area contributed by atoms with Crippen molar-refractivity contribution in [3.8, 4) is 0 Å². The molecule has 0 unspecified atom stereocenters. The van der Waals surface area contributed by atoms with Gasteiger partial charge in [0.05, 0.1) is 0 Å². The minimum atomic E-state index is 0.648. The monoisotopic (exact) mass is 430 g/mol. The molecule has 90 valence electrons. The first kappa shape index (κ1) is 13.4. The van der Waals surface area contributed by atoms with E-state index in [0.29, 0.717) is 29.9 Å². The third kappa shape index (κ3) is 3.11. The van der Waals surface area contributed by atoms with E-state index < -0.39 is 0 Å². The molecule has 3 aliphatic rings. The van der Waals surface area contributed by atoms with Gasteiger partial charge in [-0.05, 0) is 0 Å². The fourth-order valence-corrected chi connectivity index (χ4v) is 14.2. The molecule has 0 aromatic heterocycles. The number of rotatable bonds is 1. The van der Waals surface area contributed by atoms with Gasteiger partial charge in [-0.15, -0.1) is 0 Å². The van der Waals surface area contributed by atoms with E-state index in [-0.39, 0.29) is 0 Å². The maximum absolute atomic E-state index is 2.40. The van der Waals surface area contributed by atoms with Crippen LogP contribution in [0.3, 0.4) is 0 Å². The summed E-state index contributed by atoms with van der Waals surface area (Å²) in [6, 6.07) is 0. The summed E-state index contributed by atoms with van der Waals surface area (Å²) in [6.45, 7) is 4.60. The molecule has 0 N–H and O–H groups in total. The molecule has 0 saturated carbocycles. The van der Waals surface area contributed by atoms with Crippen LogP contribution in [-0.4, -0.2) is 35.0 Å². The van der Waals surface area contributed by atoms with E-state index in [9.17, 15) is 0 Å². The second-order valence-corrected chi connectivity index (χ2v) is 15.3. The van der Waals surface area contributed by atoms with E-state index in [2.05, 4.69) is 26.0 Å². The van der Waals surface area contributed by atoms with Gasteiger partial charge in [-0.2, -0.15) is 0 Å². The van der Waals surface area contributed by atoms with Crippen LogP contribution in [0.1, 0.15) is 13.8 Å². The van der Waals surface area contributed by atoms with Crippen molar-refractivity contribution < 1.29 is 0 Å². The predicted molar refractivity (Wildman–Crippen MR) is 88.3 cm³/mol. The molecular formula is C11H10S4Se2. The predicted octanol–water partition coefficient (Wildman–Crippen LogP) is 4.39. The number of hydrogen-bond donors (Lipinski definition) is 0. The van der Waals surface area contributed by atoms with Gasteiger partial charge in [0.1, 0.15) is 0 Å². The van der Waals surface area contributed by atoms with Crippen LogP contribution < -0.4 is 0 Å². The first-order valence-corrected chi connectivity index (χ1v) is 12.1. The summed E-state index contributed by atoms with van der Waals surface area (Å²) in [4.78, 5) is 0. The molecule has 0 aromatic rings. The Morgan fingerprint density at radius 2 is 1.53 bits per heavy atom. The van der Waals surface area contributed by atoms with Gasteiger partial charge in [-0.1, -0.05) is 0 Å². The summed E-state index contributed by atoms with van der Waals surface area (Å²) < 4.78 is 9.55. The molecule has 0 bridgehead atoms. The summed E-state index contributed by atoms with van der Waals surface area (Å²) >= 11 is 9.23. The number of hydrogen-bond acceptors (Lipinski definition) is 4. The van der Waals surface area contributed by atoms with Crippen molar-refractivity contribution >= 4 is 77.0 Å². The molecule has 3 heterocycles. The van der Waals surface area contributed by atoms with Crippen LogP contribution in [-0.2, 0) is 0 Å². The average molecular weight is 428 g/mol. The summed E-state index contributed by atoms with van der Waals surface area (Å²) in [5.41, 5.74) is 0. The zero-order valence-electron chi connectivity index (χ0n) is 9.31. The molecule has 0 spiro atoms. The van der Waals surface area contributed by atoms with Gasteiger partial charge in [0, 0.05) is 0 Å². The zero-order valence-corrected chi connectivity index (χ0v) is 16.0. The van der Waals surface area contributed by atoms with E-state index in [4.69, 9.17) is 0 Å². The summed E-state index contributed by atoms with van der Waals surface area (Å²) in [5.74, 6) is 0. The topological polar surface area (TPSA) is 0 Å². The van der Waals surface area contributed by atoms with Gasteiger partial charge < -0.3 is 0 Å². The summed E-state index contributed by atoms with van der Waals surface area (Å²) in [7, 11) is 0. The van der Waals surface area contributed by atoms with E-state index in [1.54, 1.807) is 12.3 Å². The summed E-state index contributed by atoms with van der Waals surface area (Å²) in [5, 5.41) is 1.22. The Kier molecular flexibility index (Phi) is 4.57. The summed E-state index contributed by atoms with van der Waals surface area (Å²) in [6.07, 6.45) is 4.74. The van der Waals surface area contributed by atoms with Gasteiger partial charge in [-0.3, -0.25) is 0 Å². The van der Waals surface area contributed by atoms with Crippen molar-refractivity contribution in [2.45, 2.75) is 13.8 Å². The van der Waals surface area contributed by atoms with Crippen molar-refractivity contribution in [2.24, 2.45) is 0 Å². The molecule has 0 aliphatic carbocycles. The second-order valence-electron chi connectivity index (χ2n) is 3.47. The average Bonchev–Trinajstić information content (AvgIpc) is 2.91. The van der Waals surface area contributed by atoms with E-state index in [0.717, 1.165) is 0 Å². The number of thioether (sulfide) groups is 4. The van der Waals surface area contributed by atoms with E-state index in [1.807, 2.05) is 47.0 Å².